The Balaban J connectivity index is 1.40. The van der Waals surface area contributed by atoms with Crippen LogP contribution in [0.3, 0.4) is 0 Å². The molecule has 2 fully saturated rings. The molecule has 2 amide bonds. The number of hydrogen-bond donors (Lipinski definition) is 1. The summed E-state index contributed by atoms with van der Waals surface area (Å²) in [5, 5.41) is 0. The van der Waals surface area contributed by atoms with Crippen molar-refractivity contribution in [2.45, 2.75) is 51.6 Å². The normalized spacial score (nSPS) is 29.6. The first-order valence-corrected chi connectivity index (χ1v) is 11.3. The first-order chi connectivity index (χ1) is 15.1. The largest absolute Gasteiger partial charge is 0.369 e. The Morgan fingerprint density at radius 3 is 2.50 bits per heavy atom. The van der Waals surface area contributed by atoms with Gasteiger partial charge in [0.25, 0.3) is 0 Å². The van der Waals surface area contributed by atoms with Crippen LogP contribution in [0.15, 0.2) is 59.6 Å². The van der Waals surface area contributed by atoms with Gasteiger partial charge in [0.2, 0.25) is 11.8 Å². The lowest BCUT2D eigenvalue weighted by atomic mass is 9.98. The second kappa shape index (κ2) is 6.92. The molecule has 2 aromatic carbocycles. The number of fused-ring (bicyclic) bond motifs is 1. The second-order valence-corrected chi connectivity index (χ2v) is 10.1. The average molecular weight is 431 g/mol. The first kappa shape index (κ1) is 20.7. The van der Waals surface area contributed by atoms with E-state index >= 15 is 0 Å². The van der Waals surface area contributed by atoms with E-state index in [2.05, 4.69) is 26.0 Å². The van der Waals surface area contributed by atoms with Crippen molar-refractivity contribution in [3.05, 3.63) is 65.7 Å². The van der Waals surface area contributed by atoms with E-state index in [1.165, 1.54) is 5.56 Å². The monoisotopic (exact) mass is 430 g/mol. The number of nitrogens with zero attached hydrogens (tertiary/aromatic N) is 3. The minimum Gasteiger partial charge on any atom is -0.369 e. The summed E-state index contributed by atoms with van der Waals surface area (Å²) in [6, 6.07) is 17.8. The maximum Gasteiger partial charge on any atom is 0.236 e. The van der Waals surface area contributed by atoms with Gasteiger partial charge in [0.15, 0.2) is 5.96 Å². The summed E-state index contributed by atoms with van der Waals surface area (Å²) >= 11 is 0. The van der Waals surface area contributed by atoms with Crippen molar-refractivity contribution < 1.29 is 9.59 Å². The van der Waals surface area contributed by atoms with E-state index in [1.807, 2.05) is 61.2 Å². The highest BCUT2D eigenvalue weighted by molar-refractivity contribution is 6.04. The molecule has 32 heavy (non-hydrogen) atoms. The first-order valence-electron chi connectivity index (χ1n) is 11.3. The minimum atomic E-state index is -0.416. The van der Waals surface area contributed by atoms with Crippen LogP contribution in [0, 0.1) is 11.3 Å². The highest BCUT2D eigenvalue weighted by atomic mass is 16.2. The number of nitrogens with two attached hydrogens (primary N) is 1. The third-order valence-electron chi connectivity index (χ3n) is 8.03. The SMILES string of the molecule is CC(c1cccc(N2CC(c3ccccc3)CC2=O)c1)N1C(=O)C2C(C)(C)C2(C)N=C1N. The lowest BCUT2D eigenvalue weighted by molar-refractivity contribution is -0.131. The number of carbonyl (C=O) groups excluding carboxylic acids is 2. The smallest absolute Gasteiger partial charge is 0.236 e. The van der Waals surface area contributed by atoms with E-state index < -0.39 is 5.54 Å². The zero-order valence-corrected chi connectivity index (χ0v) is 19.1. The van der Waals surface area contributed by atoms with E-state index in [-0.39, 0.29) is 41.1 Å². The molecule has 2 N–H and O–H groups in total. The fourth-order valence-corrected chi connectivity index (χ4v) is 5.66. The third-order valence-corrected chi connectivity index (χ3v) is 8.03. The van der Waals surface area contributed by atoms with Gasteiger partial charge in [-0.05, 0) is 37.1 Å². The molecular formula is C26H30N4O2. The van der Waals surface area contributed by atoms with E-state index in [1.54, 1.807) is 4.90 Å². The Kier molecular flexibility index (Phi) is 4.49. The molecule has 6 nitrogen and oxygen atoms in total. The third kappa shape index (κ3) is 2.89. The van der Waals surface area contributed by atoms with Crippen LogP contribution in [0.1, 0.15) is 57.2 Å². The van der Waals surface area contributed by atoms with Crippen LogP contribution in [0.4, 0.5) is 5.69 Å². The quantitative estimate of drug-likeness (QED) is 0.800. The molecule has 2 heterocycles. The number of benzene rings is 2. The van der Waals surface area contributed by atoms with Crippen LogP contribution in [0.5, 0.6) is 0 Å². The molecule has 0 aromatic heterocycles. The molecule has 4 unspecified atom stereocenters. The fraction of sp³-hybridized carbons (Fsp3) is 0.423. The number of carbonyl (C=O) groups is 2. The second-order valence-electron chi connectivity index (χ2n) is 10.1. The van der Waals surface area contributed by atoms with Crippen molar-refractivity contribution in [2.75, 3.05) is 11.4 Å². The van der Waals surface area contributed by atoms with E-state index in [9.17, 15) is 9.59 Å². The zero-order valence-electron chi connectivity index (χ0n) is 19.1. The van der Waals surface area contributed by atoms with Crippen LogP contribution < -0.4 is 10.6 Å². The van der Waals surface area contributed by atoms with Crippen LogP contribution in [0.2, 0.25) is 0 Å². The maximum absolute atomic E-state index is 13.3. The standard InChI is InChI=1S/C26H30N4O2/c1-16(30-23(32)22-25(2,3)26(22,4)28-24(30)27)18-11-8-12-20(13-18)29-15-19(14-21(29)31)17-9-6-5-7-10-17/h5-13,16,19,22H,14-15H2,1-4H3,(H2,27,28). The highest BCUT2D eigenvalue weighted by Gasteiger charge is 2.75. The van der Waals surface area contributed by atoms with Crippen LogP contribution in [0.25, 0.3) is 0 Å². The zero-order chi connectivity index (χ0) is 22.8. The molecule has 4 atom stereocenters. The maximum atomic E-state index is 13.3. The topological polar surface area (TPSA) is 79.0 Å². The summed E-state index contributed by atoms with van der Waals surface area (Å²) in [5.74, 6) is 0.461. The van der Waals surface area contributed by atoms with Crippen molar-refractivity contribution >= 4 is 23.5 Å². The van der Waals surface area contributed by atoms with Gasteiger partial charge in [-0.3, -0.25) is 14.5 Å². The lowest BCUT2D eigenvalue weighted by Crippen LogP contribution is -2.48. The van der Waals surface area contributed by atoms with Crippen molar-refractivity contribution in [1.82, 2.24) is 4.90 Å². The van der Waals surface area contributed by atoms with Gasteiger partial charge in [0.05, 0.1) is 17.5 Å². The van der Waals surface area contributed by atoms with Gasteiger partial charge >= 0.3 is 0 Å². The summed E-state index contributed by atoms with van der Waals surface area (Å²) < 4.78 is 0. The Hall–Kier alpha value is -3.15. The molecule has 1 saturated carbocycles. The number of aliphatic imine (C=N–C) groups is 1. The predicted octanol–water partition coefficient (Wildman–Crippen LogP) is 3.84. The number of anilines is 1. The summed E-state index contributed by atoms with van der Waals surface area (Å²) in [6.07, 6.45) is 0.503. The number of guanidine groups is 1. The summed E-state index contributed by atoms with van der Waals surface area (Å²) in [7, 11) is 0. The Labute approximate surface area is 189 Å². The van der Waals surface area contributed by atoms with Gasteiger partial charge in [0, 0.05) is 30.0 Å². The molecule has 1 saturated heterocycles. The lowest BCUT2D eigenvalue weighted by Gasteiger charge is -2.32. The molecule has 3 aliphatic rings. The fourth-order valence-electron chi connectivity index (χ4n) is 5.66. The molecule has 0 radical (unpaired) electrons. The van der Waals surface area contributed by atoms with E-state index in [0.717, 1.165) is 11.3 Å². The van der Waals surface area contributed by atoms with Crippen molar-refractivity contribution in [2.24, 2.45) is 22.1 Å². The van der Waals surface area contributed by atoms with Gasteiger partial charge in [0.1, 0.15) is 0 Å². The number of rotatable bonds is 4. The van der Waals surface area contributed by atoms with Crippen LogP contribution in [-0.2, 0) is 9.59 Å². The Bertz CT molecular complexity index is 1130. The summed E-state index contributed by atoms with van der Waals surface area (Å²) in [4.78, 5) is 34.3. The number of hydrogen-bond acceptors (Lipinski definition) is 4. The predicted molar refractivity (Wildman–Crippen MR) is 125 cm³/mol. The van der Waals surface area contributed by atoms with Crippen LogP contribution in [-0.4, -0.2) is 34.8 Å². The van der Waals surface area contributed by atoms with Crippen LogP contribution >= 0.6 is 0 Å². The Morgan fingerprint density at radius 2 is 1.78 bits per heavy atom. The molecular weight excluding hydrogens is 400 g/mol. The molecule has 0 bridgehead atoms. The Morgan fingerprint density at radius 1 is 1.06 bits per heavy atom. The van der Waals surface area contributed by atoms with Crippen molar-refractivity contribution in [3.63, 3.8) is 0 Å². The van der Waals surface area contributed by atoms with E-state index in [0.29, 0.717) is 13.0 Å². The average Bonchev–Trinajstić information content (AvgIpc) is 3.02. The minimum absolute atomic E-state index is 0.0318. The van der Waals surface area contributed by atoms with Gasteiger partial charge in [-0.1, -0.05) is 56.3 Å². The van der Waals surface area contributed by atoms with Gasteiger partial charge < -0.3 is 10.6 Å². The molecule has 2 aliphatic heterocycles. The molecule has 0 spiro atoms. The molecule has 1 aliphatic carbocycles. The van der Waals surface area contributed by atoms with Gasteiger partial charge in [-0.2, -0.15) is 0 Å². The molecule has 166 valence electrons. The van der Waals surface area contributed by atoms with Crippen molar-refractivity contribution in [3.8, 4) is 0 Å². The van der Waals surface area contributed by atoms with E-state index in [4.69, 9.17) is 10.7 Å². The van der Waals surface area contributed by atoms with Gasteiger partial charge in [-0.25, -0.2) is 4.99 Å². The molecule has 6 heteroatoms. The molecule has 5 rings (SSSR count). The van der Waals surface area contributed by atoms with Crippen molar-refractivity contribution in [1.29, 1.82) is 0 Å². The van der Waals surface area contributed by atoms with Gasteiger partial charge in [-0.15, -0.1) is 0 Å². The highest BCUT2D eigenvalue weighted by Crippen LogP contribution is 2.66. The number of amides is 2. The summed E-state index contributed by atoms with van der Waals surface area (Å²) in [6.45, 7) is 8.78. The molecule has 2 aromatic rings. The summed E-state index contributed by atoms with van der Waals surface area (Å²) in [5.41, 5.74) is 8.65.